The molecule has 0 unspecified atom stereocenters. The molecule has 33 heavy (non-hydrogen) atoms. The van der Waals surface area contributed by atoms with Gasteiger partial charge in [0.25, 0.3) is 11.7 Å². The molecule has 0 bridgehead atoms. The Kier molecular flexibility index (Phi) is 7.36. The summed E-state index contributed by atoms with van der Waals surface area (Å²) in [4.78, 5) is 29.5. The molecule has 8 nitrogen and oxygen atoms in total. The molecule has 3 rings (SSSR count). The molecule has 0 saturated carbocycles. The van der Waals surface area contributed by atoms with Gasteiger partial charge in [-0.1, -0.05) is 30.3 Å². The van der Waals surface area contributed by atoms with Crippen molar-refractivity contribution in [3.05, 3.63) is 71.3 Å². The number of likely N-dealkylation sites (tertiary alicyclic amines) is 1. The average Bonchev–Trinajstić information content (AvgIpc) is 3.04. The van der Waals surface area contributed by atoms with E-state index in [0.29, 0.717) is 13.0 Å². The Morgan fingerprint density at radius 2 is 1.58 bits per heavy atom. The van der Waals surface area contributed by atoms with Gasteiger partial charge in [0.05, 0.1) is 16.5 Å². The number of carbonyl (C=O) groups excluding carboxylic acids is 2. The third kappa shape index (κ3) is 5.00. The Hall–Kier alpha value is -3.01. The highest BCUT2D eigenvalue weighted by Crippen LogP contribution is 2.39. The molecule has 0 radical (unpaired) electrons. The minimum atomic E-state index is -3.64. The molecule has 1 fully saturated rings. The average molecular weight is 472 g/mol. The summed E-state index contributed by atoms with van der Waals surface area (Å²) in [5, 5.41) is 11.1. The Balaban J connectivity index is 2.06. The van der Waals surface area contributed by atoms with E-state index in [1.54, 1.807) is 0 Å². The van der Waals surface area contributed by atoms with Gasteiger partial charge in [0.2, 0.25) is 10.0 Å². The van der Waals surface area contributed by atoms with E-state index in [0.717, 1.165) is 16.4 Å². The first-order valence-corrected chi connectivity index (χ1v) is 12.0. The highest BCUT2D eigenvalue weighted by Gasteiger charge is 2.45. The van der Waals surface area contributed by atoms with Crippen LogP contribution < -0.4 is 0 Å². The monoisotopic (exact) mass is 471 g/mol. The van der Waals surface area contributed by atoms with Crippen LogP contribution in [0, 0.1) is 0 Å². The highest BCUT2D eigenvalue weighted by atomic mass is 32.2. The maximum absolute atomic E-state index is 13.0. The van der Waals surface area contributed by atoms with E-state index in [9.17, 15) is 23.1 Å². The van der Waals surface area contributed by atoms with Crippen molar-refractivity contribution >= 4 is 27.5 Å². The lowest BCUT2D eigenvalue weighted by atomic mass is 9.95. The summed E-state index contributed by atoms with van der Waals surface area (Å²) < 4.78 is 25.8. The molecule has 176 valence electrons. The minimum Gasteiger partial charge on any atom is -0.507 e. The van der Waals surface area contributed by atoms with Gasteiger partial charge in [-0.2, -0.15) is 0 Å². The first kappa shape index (κ1) is 24.6. The molecule has 1 N–H and O–H groups in total. The SMILES string of the molecule is CN(C)CCCN1C(=O)C(=O)C(=C(O)c2ccc(S(=O)(=O)N(C)C)cc2)[C@@H]1c1ccccc1. The number of sulfonamides is 1. The van der Waals surface area contributed by atoms with Crippen LogP contribution in [0.1, 0.15) is 23.6 Å². The van der Waals surface area contributed by atoms with Crippen molar-refractivity contribution in [3.63, 3.8) is 0 Å². The number of amides is 1. The van der Waals surface area contributed by atoms with Gasteiger partial charge in [0, 0.05) is 26.2 Å². The minimum absolute atomic E-state index is 0.000676. The second-order valence-electron chi connectivity index (χ2n) is 8.37. The fourth-order valence-electron chi connectivity index (χ4n) is 3.80. The Morgan fingerprint density at radius 3 is 2.12 bits per heavy atom. The summed E-state index contributed by atoms with van der Waals surface area (Å²) >= 11 is 0. The number of aliphatic hydroxyl groups excluding tert-OH is 1. The summed E-state index contributed by atoms with van der Waals surface area (Å²) in [7, 11) is 3.09. The molecule has 9 heteroatoms. The normalized spacial score (nSPS) is 18.5. The van der Waals surface area contributed by atoms with Gasteiger partial charge in [0.15, 0.2) is 0 Å². The maximum Gasteiger partial charge on any atom is 0.295 e. The second kappa shape index (κ2) is 9.86. The van der Waals surface area contributed by atoms with Crippen LogP contribution in [0.3, 0.4) is 0 Å². The number of hydrogen-bond donors (Lipinski definition) is 1. The van der Waals surface area contributed by atoms with Crippen molar-refractivity contribution in [2.24, 2.45) is 0 Å². The van der Waals surface area contributed by atoms with Crippen LogP contribution in [0.5, 0.6) is 0 Å². The van der Waals surface area contributed by atoms with Crippen LogP contribution in [-0.2, 0) is 19.6 Å². The lowest BCUT2D eigenvalue weighted by Gasteiger charge is -2.26. The van der Waals surface area contributed by atoms with Gasteiger partial charge in [-0.15, -0.1) is 0 Å². The Morgan fingerprint density at radius 1 is 0.970 bits per heavy atom. The second-order valence-corrected chi connectivity index (χ2v) is 10.5. The molecule has 1 heterocycles. The number of Topliss-reactive ketones (excluding diaryl/α,β-unsaturated/α-hetero) is 1. The van der Waals surface area contributed by atoms with E-state index in [-0.39, 0.29) is 21.8 Å². The number of benzene rings is 2. The van der Waals surface area contributed by atoms with E-state index in [4.69, 9.17) is 0 Å². The summed E-state index contributed by atoms with van der Waals surface area (Å²) in [6.07, 6.45) is 0.667. The predicted octanol–water partition coefficient (Wildman–Crippen LogP) is 2.31. The van der Waals surface area contributed by atoms with E-state index in [1.165, 1.54) is 43.3 Å². The van der Waals surface area contributed by atoms with Crippen molar-refractivity contribution in [1.29, 1.82) is 0 Å². The number of rotatable bonds is 8. The molecule has 1 amide bonds. The van der Waals surface area contributed by atoms with Crippen molar-refractivity contribution in [2.45, 2.75) is 17.4 Å². The molecular weight excluding hydrogens is 442 g/mol. The Bertz CT molecular complexity index is 1160. The third-order valence-corrected chi connectivity index (χ3v) is 7.40. The first-order chi connectivity index (χ1) is 15.6. The lowest BCUT2D eigenvalue weighted by molar-refractivity contribution is -0.139. The number of carbonyl (C=O) groups is 2. The zero-order valence-electron chi connectivity index (χ0n) is 19.2. The molecule has 1 atom stereocenters. The van der Waals surface area contributed by atoms with Crippen molar-refractivity contribution in [3.8, 4) is 0 Å². The van der Waals surface area contributed by atoms with E-state index < -0.39 is 27.8 Å². The molecular formula is C24H29N3O5S. The summed E-state index contributed by atoms with van der Waals surface area (Å²) in [5.41, 5.74) is 0.981. The summed E-state index contributed by atoms with van der Waals surface area (Å²) in [6, 6.07) is 14.0. The number of nitrogens with zero attached hydrogens (tertiary/aromatic N) is 3. The smallest absolute Gasteiger partial charge is 0.295 e. The van der Waals surface area contributed by atoms with Crippen molar-refractivity contribution in [1.82, 2.24) is 14.1 Å². The summed E-state index contributed by atoms with van der Waals surface area (Å²) in [6.45, 7) is 1.10. The molecule has 1 saturated heterocycles. The quantitative estimate of drug-likeness (QED) is 0.360. The van der Waals surface area contributed by atoms with Crippen LogP contribution in [0.2, 0.25) is 0 Å². The molecule has 1 aliphatic rings. The van der Waals surface area contributed by atoms with Crippen molar-refractivity contribution < 1.29 is 23.1 Å². The molecule has 0 spiro atoms. The van der Waals surface area contributed by atoms with Crippen LogP contribution >= 0.6 is 0 Å². The van der Waals surface area contributed by atoms with Crippen LogP contribution in [0.4, 0.5) is 0 Å². The number of ketones is 1. The lowest BCUT2D eigenvalue weighted by Crippen LogP contribution is -2.32. The topological polar surface area (TPSA) is 98.2 Å². The third-order valence-electron chi connectivity index (χ3n) is 5.57. The predicted molar refractivity (Wildman–Crippen MR) is 126 cm³/mol. The molecule has 2 aromatic carbocycles. The van der Waals surface area contributed by atoms with Gasteiger partial charge in [-0.25, -0.2) is 12.7 Å². The van der Waals surface area contributed by atoms with Crippen molar-refractivity contribution in [2.75, 3.05) is 41.3 Å². The first-order valence-electron chi connectivity index (χ1n) is 10.6. The Labute approximate surface area is 194 Å². The van der Waals surface area contributed by atoms with E-state index in [1.807, 2.05) is 49.3 Å². The van der Waals surface area contributed by atoms with Gasteiger partial charge in [-0.05, 0) is 56.9 Å². The summed E-state index contributed by atoms with van der Waals surface area (Å²) in [5.74, 6) is -1.74. The largest absolute Gasteiger partial charge is 0.507 e. The van der Waals surface area contributed by atoms with E-state index in [2.05, 4.69) is 0 Å². The molecule has 0 aromatic heterocycles. The standard InChI is InChI=1S/C24H29N3O5S/c1-25(2)15-8-16-27-21(17-9-6-5-7-10-17)20(23(29)24(27)30)22(28)18-11-13-19(14-12-18)33(31,32)26(3)4/h5-7,9-14,21,28H,8,15-16H2,1-4H3/t21-/m0/s1. The van der Waals surface area contributed by atoms with Gasteiger partial charge in [0.1, 0.15) is 5.76 Å². The number of hydrogen-bond acceptors (Lipinski definition) is 6. The molecule has 2 aromatic rings. The number of aliphatic hydroxyl groups is 1. The van der Waals surface area contributed by atoms with E-state index >= 15 is 0 Å². The fourth-order valence-corrected chi connectivity index (χ4v) is 4.70. The van der Waals surface area contributed by atoms with Gasteiger partial charge >= 0.3 is 0 Å². The molecule has 1 aliphatic heterocycles. The fraction of sp³-hybridized carbons (Fsp3) is 0.333. The molecule has 0 aliphatic carbocycles. The zero-order chi connectivity index (χ0) is 24.3. The van der Waals surface area contributed by atoms with Crippen LogP contribution in [-0.4, -0.2) is 80.6 Å². The van der Waals surface area contributed by atoms with Crippen LogP contribution in [0.15, 0.2) is 65.1 Å². The van der Waals surface area contributed by atoms with Crippen LogP contribution in [0.25, 0.3) is 5.76 Å². The maximum atomic E-state index is 13.0. The van der Waals surface area contributed by atoms with Gasteiger partial charge in [-0.3, -0.25) is 9.59 Å². The zero-order valence-corrected chi connectivity index (χ0v) is 20.0. The highest BCUT2D eigenvalue weighted by molar-refractivity contribution is 7.89. The van der Waals surface area contributed by atoms with Gasteiger partial charge < -0.3 is 14.9 Å².